The van der Waals surface area contributed by atoms with Gasteiger partial charge in [0.2, 0.25) is 0 Å². The Labute approximate surface area is 110 Å². The fraction of sp³-hybridized carbons (Fsp3) is 0.929. The third kappa shape index (κ3) is 2.63. The molecule has 1 saturated heterocycles. The Kier molecular flexibility index (Phi) is 3.58. The predicted molar refractivity (Wildman–Crippen MR) is 71.3 cm³/mol. The van der Waals surface area contributed by atoms with Crippen molar-refractivity contribution in [2.45, 2.75) is 52.1 Å². The second-order valence-electron chi connectivity index (χ2n) is 6.80. The summed E-state index contributed by atoms with van der Waals surface area (Å²) in [5.74, 6) is 0.679. The van der Waals surface area contributed by atoms with Crippen LogP contribution in [0.2, 0.25) is 0 Å². The molecule has 104 valence electrons. The van der Waals surface area contributed by atoms with Gasteiger partial charge in [-0.1, -0.05) is 0 Å². The average Bonchev–Trinajstić information content (AvgIpc) is 2.26. The lowest BCUT2D eigenvalue weighted by Crippen LogP contribution is -2.53. The monoisotopic (exact) mass is 254 g/mol. The van der Waals surface area contributed by atoms with Gasteiger partial charge in [-0.3, -0.25) is 0 Å². The first-order valence-electron chi connectivity index (χ1n) is 7.04. The number of ether oxygens (including phenoxy) is 1. The zero-order chi connectivity index (χ0) is 13.4. The molecule has 0 aromatic heterocycles. The molecule has 2 fully saturated rings. The summed E-state index contributed by atoms with van der Waals surface area (Å²) >= 11 is 0. The number of nitrogens with two attached hydrogens (primary N) is 1. The molecule has 1 spiro atoms. The molecule has 2 N–H and O–H groups in total. The number of carbonyl (C=O) groups is 1. The summed E-state index contributed by atoms with van der Waals surface area (Å²) < 4.78 is 5.41. The van der Waals surface area contributed by atoms with Crippen LogP contribution >= 0.6 is 0 Å². The van der Waals surface area contributed by atoms with Crippen LogP contribution in [0.15, 0.2) is 0 Å². The van der Waals surface area contributed by atoms with Crippen molar-refractivity contribution in [3.63, 3.8) is 0 Å². The van der Waals surface area contributed by atoms with E-state index in [4.69, 9.17) is 10.5 Å². The van der Waals surface area contributed by atoms with Crippen molar-refractivity contribution >= 4 is 6.09 Å². The van der Waals surface area contributed by atoms with Crippen LogP contribution in [0.4, 0.5) is 4.79 Å². The van der Waals surface area contributed by atoms with Crippen LogP contribution in [0.1, 0.15) is 46.5 Å². The lowest BCUT2D eigenvalue weighted by molar-refractivity contribution is -0.0385. The molecule has 1 aliphatic carbocycles. The van der Waals surface area contributed by atoms with Crippen LogP contribution in [0, 0.1) is 11.3 Å². The number of nitrogens with zero attached hydrogens (tertiary/aromatic N) is 1. The zero-order valence-electron chi connectivity index (χ0n) is 11.9. The third-order valence-corrected chi connectivity index (χ3v) is 4.55. The summed E-state index contributed by atoms with van der Waals surface area (Å²) in [5.41, 5.74) is 5.85. The Morgan fingerprint density at radius 3 is 2.33 bits per heavy atom. The number of hydrogen-bond acceptors (Lipinski definition) is 3. The van der Waals surface area contributed by atoms with Crippen LogP contribution in [0.5, 0.6) is 0 Å². The van der Waals surface area contributed by atoms with E-state index < -0.39 is 5.60 Å². The van der Waals surface area contributed by atoms with Gasteiger partial charge in [-0.2, -0.15) is 0 Å². The molecule has 1 aliphatic heterocycles. The van der Waals surface area contributed by atoms with Gasteiger partial charge in [0.05, 0.1) is 0 Å². The first kappa shape index (κ1) is 13.7. The quantitative estimate of drug-likeness (QED) is 0.781. The Morgan fingerprint density at radius 1 is 1.33 bits per heavy atom. The van der Waals surface area contributed by atoms with Gasteiger partial charge >= 0.3 is 6.09 Å². The van der Waals surface area contributed by atoms with Crippen LogP contribution < -0.4 is 5.73 Å². The van der Waals surface area contributed by atoms with Gasteiger partial charge in [0, 0.05) is 13.1 Å². The molecule has 2 rings (SSSR count). The van der Waals surface area contributed by atoms with Crippen molar-refractivity contribution in [3.05, 3.63) is 0 Å². The summed E-state index contributed by atoms with van der Waals surface area (Å²) in [5, 5.41) is 0. The summed E-state index contributed by atoms with van der Waals surface area (Å²) in [4.78, 5) is 13.8. The van der Waals surface area contributed by atoms with Crippen molar-refractivity contribution in [2.75, 3.05) is 19.6 Å². The van der Waals surface area contributed by atoms with E-state index in [1.165, 1.54) is 12.8 Å². The second-order valence-corrected chi connectivity index (χ2v) is 6.80. The molecule has 18 heavy (non-hydrogen) atoms. The van der Waals surface area contributed by atoms with Gasteiger partial charge in [0.1, 0.15) is 5.60 Å². The number of rotatable bonds is 1. The molecular weight excluding hydrogens is 228 g/mol. The molecule has 2 aliphatic rings. The van der Waals surface area contributed by atoms with E-state index in [1.54, 1.807) is 0 Å². The maximum absolute atomic E-state index is 12.0. The van der Waals surface area contributed by atoms with E-state index in [-0.39, 0.29) is 6.09 Å². The topological polar surface area (TPSA) is 55.6 Å². The molecule has 0 aromatic rings. The minimum Gasteiger partial charge on any atom is -0.444 e. The van der Waals surface area contributed by atoms with Gasteiger partial charge in [-0.15, -0.1) is 0 Å². The maximum atomic E-state index is 12.0. The van der Waals surface area contributed by atoms with E-state index in [0.717, 1.165) is 32.5 Å². The van der Waals surface area contributed by atoms with Gasteiger partial charge in [0.25, 0.3) is 0 Å². The molecule has 0 radical (unpaired) electrons. The van der Waals surface area contributed by atoms with Crippen LogP contribution in [0.3, 0.4) is 0 Å². The third-order valence-electron chi connectivity index (χ3n) is 4.55. The number of carbonyl (C=O) groups excluding carboxylic acids is 1. The molecule has 0 bridgehead atoms. The first-order chi connectivity index (χ1) is 8.36. The van der Waals surface area contributed by atoms with Crippen molar-refractivity contribution < 1.29 is 9.53 Å². The Morgan fingerprint density at radius 2 is 1.94 bits per heavy atom. The van der Waals surface area contributed by atoms with Gasteiger partial charge in [-0.25, -0.2) is 4.79 Å². The molecule has 1 heterocycles. The number of amides is 1. The number of likely N-dealkylation sites (tertiary alicyclic amines) is 1. The van der Waals surface area contributed by atoms with Crippen molar-refractivity contribution in [1.82, 2.24) is 4.90 Å². The van der Waals surface area contributed by atoms with Crippen LogP contribution in [-0.4, -0.2) is 36.2 Å². The van der Waals surface area contributed by atoms with Crippen molar-refractivity contribution in [3.8, 4) is 0 Å². The maximum Gasteiger partial charge on any atom is 0.410 e. The van der Waals surface area contributed by atoms with E-state index in [1.807, 2.05) is 25.7 Å². The minimum atomic E-state index is -0.400. The zero-order valence-corrected chi connectivity index (χ0v) is 11.9. The Bertz CT molecular complexity index is 312. The van der Waals surface area contributed by atoms with Crippen molar-refractivity contribution in [2.24, 2.45) is 17.1 Å². The van der Waals surface area contributed by atoms with Crippen molar-refractivity contribution in [1.29, 1.82) is 0 Å². The molecule has 1 atom stereocenters. The standard InChI is InChI=1S/C14H26N2O2/c1-13(2,3)18-12(17)16-8-6-14(7-9-16)5-4-11(14)10-15/h11H,4-10,15H2,1-3H3. The molecule has 1 unspecified atom stereocenters. The summed E-state index contributed by atoms with van der Waals surface area (Å²) in [6.45, 7) is 8.18. The Hall–Kier alpha value is -0.770. The molecule has 0 aromatic carbocycles. The van der Waals surface area contributed by atoms with E-state index in [0.29, 0.717) is 11.3 Å². The molecule has 1 amide bonds. The second kappa shape index (κ2) is 4.72. The highest BCUT2D eigenvalue weighted by Crippen LogP contribution is 2.53. The van der Waals surface area contributed by atoms with Gasteiger partial charge in [-0.05, 0) is 64.3 Å². The highest BCUT2D eigenvalue weighted by atomic mass is 16.6. The fourth-order valence-corrected chi connectivity index (χ4v) is 3.24. The van der Waals surface area contributed by atoms with Gasteiger partial charge in [0.15, 0.2) is 0 Å². The lowest BCUT2D eigenvalue weighted by atomic mass is 9.55. The summed E-state index contributed by atoms with van der Waals surface area (Å²) in [6.07, 6.45) is 4.57. The molecular formula is C14H26N2O2. The normalized spacial score (nSPS) is 26.9. The number of piperidine rings is 1. The van der Waals surface area contributed by atoms with E-state index >= 15 is 0 Å². The van der Waals surface area contributed by atoms with Crippen LogP contribution in [0.25, 0.3) is 0 Å². The van der Waals surface area contributed by atoms with E-state index in [9.17, 15) is 4.79 Å². The smallest absolute Gasteiger partial charge is 0.410 e. The fourth-order valence-electron chi connectivity index (χ4n) is 3.24. The highest BCUT2D eigenvalue weighted by molar-refractivity contribution is 5.68. The highest BCUT2D eigenvalue weighted by Gasteiger charge is 2.47. The Balaban J connectivity index is 1.85. The average molecular weight is 254 g/mol. The first-order valence-corrected chi connectivity index (χ1v) is 7.04. The minimum absolute atomic E-state index is 0.166. The largest absolute Gasteiger partial charge is 0.444 e. The molecule has 4 heteroatoms. The number of hydrogen-bond donors (Lipinski definition) is 1. The summed E-state index contributed by atoms with van der Waals surface area (Å²) in [6, 6.07) is 0. The van der Waals surface area contributed by atoms with Gasteiger partial charge < -0.3 is 15.4 Å². The van der Waals surface area contributed by atoms with E-state index in [2.05, 4.69) is 0 Å². The SMILES string of the molecule is CC(C)(C)OC(=O)N1CCC2(CCC2CN)CC1. The summed E-state index contributed by atoms with van der Waals surface area (Å²) in [7, 11) is 0. The lowest BCUT2D eigenvalue weighted by Gasteiger charge is -2.53. The van der Waals surface area contributed by atoms with Crippen LogP contribution in [-0.2, 0) is 4.74 Å². The molecule has 4 nitrogen and oxygen atoms in total. The predicted octanol–water partition coefficient (Wildman–Crippen LogP) is 2.37. The molecule has 1 saturated carbocycles.